The average molecular weight is 336 g/mol. The Morgan fingerprint density at radius 3 is 2.50 bits per heavy atom. The summed E-state index contributed by atoms with van der Waals surface area (Å²) in [7, 11) is 0. The number of aryl methyl sites for hydroxylation is 3. The quantitative estimate of drug-likeness (QED) is 0.872. The molecule has 0 fully saturated rings. The fourth-order valence-electron chi connectivity index (χ4n) is 2.79. The molecule has 0 saturated carbocycles. The molecular weight excluding hydrogens is 314 g/mol. The van der Waals surface area contributed by atoms with Gasteiger partial charge in [-0.3, -0.25) is 4.68 Å². The van der Waals surface area contributed by atoms with Gasteiger partial charge in [0.25, 0.3) is 0 Å². The van der Waals surface area contributed by atoms with Crippen molar-refractivity contribution in [2.45, 2.75) is 47.2 Å². The first-order valence-corrected chi connectivity index (χ1v) is 7.79. The first-order valence-electron chi connectivity index (χ1n) is 7.00. The van der Waals surface area contributed by atoms with E-state index >= 15 is 0 Å². The van der Waals surface area contributed by atoms with Gasteiger partial charge in [-0.2, -0.15) is 5.10 Å². The number of hydrogen-bond donors (Lipinski definition) is 1. The van der Waals surface area contributed by atoms with Crippen LogP contribution in [0.4, 0.5) is 5.69 Å². The number of nitrogens with one attached hydrogen (secondary N) is 1. The molecule has 0 bridgehead atoms. The number of anilines is 1. The van der Waals surface area contributed by atoms with Crippen molar-refractivity contribution in [3.63, 3.8) is 0 Å². The molecule has 0 amide bonds. The van der Waals surface area contributed by atoms with E-state index in [2.05, 4.69) is 83.8 Å². The second-order valence-corrected chi connectivity index (χ2v) is 6.20. The predicted molar refractivity (Wildman–Crippen MR) is 88.3 cm³/mol. The van der Waals surface area contributed by atoms with Crippen LogP contribution in [-0.4, -0.2) is 9.78 Å². The van der Waals surface area contributed by atoms with E-state index in [9.17, 15) is 0 Å². The smallest absolute Gasteiger partial charge is 0.0649 e. The third kappa shape index (κ3) is 3.06. The van der Waals surface area contributed by atoms with Gasteiger partial charge in [0.05, 0.1) is 11.7 Å². The number of halogens is 1. The molecule has 1 aromatic carbocycles. The number of benzene rings is 1. The second-order valence-electron chi connectivity index (χ2n) is 5.28. The summed E-state index contributed by atoms with van der Waals surface area (Å²) >= 11 is 3.55. The van der Waals surface area contributed by atoms with Crippen molar-refractivity contribution in [2.75, 3.05) is 5.32 Å². The lowest BCUT2D eigenvalue weighted by Crippen LogP contribution is -2.09. The normalized spacial score (nSPS) is 12.5. The van der Waals surface area contributed by atoms with E-state index in [4.69, 9.17) is 0 Å². The van der Waals surface area contributed by atoms with Gasteiger partial charge >= 0.3 is 0 Å². The van der Waals surface area contributed by atoms with Crippen LogP contribution in [0.5, 0.6) is 0 Å². The lowest BCUT2D eigenvalue weighted by molar-refractivity contribution is 0.632. The topological polar surface area (TPSA) is 29.9 Å². The predicted octanol–water partition coefficient (Wildman–Crippen LogP) is 4.76. The molecule has 1 aromatic heterocycles. The van der Waals surface area contributed by atoms with Crippen molar-refractivity contribution < 1.29 is 0 Å². The average Bonchev–Trinajstić information content (AvgIpc) is 2.62. The van der Waals surface area contributed by atoms with Crippen molar-refractivity contribution in [3.8, 4) is 0 Å². The van der Waals surface area contributed by atoms with Gasteiger partial charge < -0.3 is 5.32 Å². The minimum Gasteiger partial charge on any atom is -0.378 e. The van der Waals surface area contributed by atoms with Gasteiger partial charge in [-0.15, -0.1) is 0 Å². The zero-order valence-corrected chi connectivity index (χ0v) is 14.4. The summed E-state index contributed by atoms with van der Waals surface area (Å²) in [4.78, 5) is 0. The van der Waals surface area contributed by atoms with Gasteiger partial charge in [-0.1, -0.05) is 15.9 Å². The highest BCUT2D eigenvalue weighted by Gasteiger charge is 2.17. The van der Waals surface area contributed by atoms with E-state index in [0.717, 1.165) is 22.4 Å². The third-order valence-corrected chi connectivity index (χ3v) is 4.05. The van der Waals surface area contributed by atoms with Crippen molar-refractivity contribution in [1.29, 1.82) is 0 Å². The Morgan fingerprint density at radius 2 is 1.95 bits per heavy atom. The fourth-order valence-corrected chi connectivity index (χ4v) is 3.39. The molecule has 0 aliphatic rings. The first-order chi connectivity index (χ1) is 9.42. The van der Waals surface area contributed by atoms with Crippen LogP contribution in [0.3, 0.4) is 0 Å². The molecule has 0 saturated heterocycles. The van der Waals surface area contributed by atoms with Gasteiger partial charge in [0.1, 0.15) is 0 Å². The Hall–Kier alpha value is -1.29. The molecule has 1 unspecified atom stereocenters. The maximum absolute atomic E-state index is 4.59. The Morgan fingerprint density at radius 1 is 1.25 bits per heavy atom. The molecule has 0 radical (unpaired) electrons. The van der Waals surface area contributed by atoms with Gasteiger partial charge in [-0.25, -0.2) is 0 Å². The molecular formula is C16H22BrN3. The van der Waals surface area contributed by atoms with Crippen LogP contribution in [0.15, 0.2) is 22.7 Å². The molecule has 0 aliphatic carbocycles. The van der Waals surface area contributed by atoms with Crippen LogP contribution >= 0.6 is 15.9 Å². The molecule has 4 heteroatoms. The Bertz CT molecular complexity index is 596. The van der Waals surface area contributed by atoms with Crippen molar-refractivity contribution in [1.82, 2.24) is 9.78 Å². The summed E-state index contributed by atoms with van der Waals surface area (Å²) in [5.41, 5.74) is 6.02. The maximum atomic E-state index is 4.59. The number of rotatable bonds is 4. The second kappa shape index (κ2) is 6.00. The van der Waals surface area contributed by atoms with Crippen LogP contribution in [0, 0.1) is 20.8 Å². The molecule has 2 rings (SSSR count). The molecule has 20 heavy (non-hydrogen) atoms. The SMILES string of the molecule is CCn1nc(C)c(C(C)Nc2cc(C)cc(Br)c2)c1C. The van der Waals surface area contributed by atoms with E-state index < -0.39 is 0 Å². The van der Waals surface area contributed by atoms with Gasteiger partial charge in [0.2, 0.25) is 0 Å². The van der Waals surface area contributed by atoms with Crippen LogP contribution in [0.2, 0.25) is 0 Å². The van der Waals surface area contributed by atoms with E-state index in [1.165, 1.54) is 16.8 Å². The highest BCUT2D eigenvalue weighted by atomic mass is 79.9. The number of nitrogens with zero attached hydrogens (tertiary/aromatic N) is 2. The van der Waals surface area contributed by atoms with E-state index in [-0.39, 0.29) is 6.04 Å². The molecule has 108 valence electrons. The molecule has 1 N–H and O–H groups in total. The minimum atomic E-state index is 0.240. The van der Waals surface area contributed by atoms with E-state index in [0.29, 0.717) is 0 Å². The zero-order valence-electron chi connectivity index (χ0n) is 12.8. The highest BCUT2D eigenvalue weighted by Crippen LogP contribution is 2.27. The maximum Gasteiger partial charge on any atom is 0.0649 e. The summed E-state index contributed by atoms with van der Waals surface area (Å²) in [6.45, 7) is 11.6. The molecule has 0 spiro atoms. The standard InChI is InChI=1S/C16H22BrN3/c1-6-20-13(5)16(12(4)19-20)11(3)18-15-8-10(2)7-14(17)9-15/h7-9,11,18H,6H2,1-5H3. The van der Waals surface area contributed by atoms with Crippen LogP contribution in [-0.2, 0) is 6.54 Å². The number of aromatic nitrogens is 2. The van der Waals surface area contributed by atoms with Crippen LogP contribution < -0.4 is 5.32 Å². The Balaban J connectivity index is 2.28. The lowest BCUT2D eigenvalue weighted by atomic mass is 10.1. The van der Waals surface area contributed by atoms with Crippen molar-refractivity contribution in [2.24, 2.45) is 0 Å². The fraction of sp³-hybridized carbons (Fsp3) is 0.438. The minimum absolute atomic E-state index is 0.240. The van der Waals surface area contributed by atoms with Crippen LogP contribution in [0.1, 0.15) is 42.4 Å². The summed E-state index contributed by atoms with van der Waals surface area (Å²) in [6, 6.07) is 6.62. The third-order valence-electron chi connectivity index (χ3n) is 3.60. The molecule has 1 atom stereocenters. The summed E-state index contributed by atoms with van der Waals surface area (Å²) in [6.07, 6.45) is 0. The summed E-state index contributed by atoms with van der Waals surface area (Å²) < 4.78 is 3.17. The van der Waals surface area contributed by atoms with E-state index in [1.54, 1.807) is 0 Å². The van der Waals surface area contributed by atoms with Gasteiger partial charge in [-0.05, 0) is 58.4 Å². The highest BCUT2D eigenvalue weighted by molar-refractivity contribution is 9.10. The molecule has 2 aromatic rings. The lowest BCUT2D eigenvalue weighted by Gasteiger charge is -2.17. The molecule has 0 aliphatic heterocycles. The first kappa shape index (κ1) is 15.1. The summed E-state index contributed by atoms with van der Waals surface area (Å²) in [5.74, 6) is 0. The van der Waals surface area contributed by atoms with Gasteiger partial charge in [0, 0.05) is 28.0 Å². The monoisotopic (exact) mass is 335 g/mol. The van der Waals surface area contributed by atoms with Crippen molar-refractivity contribution >= 4 is 21.6 Å². The van der Waals surface area contributed by atoms with E-state index in [1.807, 2.05) is 0 Å². The van der Waals surface area contributed by atoms with Gasteiger partial charge in [0.15, 0.2) is 0 Å². The zero-order chi connectivity index (χ0) is 14.9. The van der Waals surface area contributed by atoms with Crippen LogP contribution in [0.25, 0.3) is 0 Å². The largest absolute Gasteiger partial charge is 0.378 e. The molecule has 1 heterocycles. The Labute approximate surface area is 129 Å². The number of hydrogen-bond acceptors (Lipinski definition) is 2. The molecule has 3 nitrogen and oxygen atoms in total. The summed E-state index contributed by atoms with van der Waals surface area (Å²) in [5, 5.41) is 8.17. The van der Waals surface area contributed by atoms with Crippen molar-refractivity contribution in [3.05, 3.63) is 45.2 Å². The Kier molecular flexibility index (Phi) is 4.53.